The molecule has 1 aromatic heterocycles. The maximum Gasteiger partial charge on any atom is 2.00 e. The van der Waals surface area contributed by atoms with Crippen molar-refractivity contribution in [2.45, 2.75) is 60.3 Å². The third-order valence-corrected chi connectivity index (χ3v) is 5.59. The second-order valence-electron chi connectivity index (χ2n) is 7.77. The predicted octanol–water partition coefficient (Wildman–Crippen LogP) is 1.15. The first-order valence-corrected chi connectivity index (χ1v) is 11.4. The summed E-state index contributed by atoms with van der Waals surface area (Å²) < 4.78 is 0. The molecule has 3 aromatic rings. The molecular weight excluding hydrogens is 508 g/mol. The second kappa shape index (κ2) is 15.8. The fourth-order valence-electron chi connectivity index (χ4n) is 3.88. The fourth-order valence-corrected chi connectivity index (χ4v) is 3.88. The van der Waals surface area contributed by atoms with E-state index in [0.717, 1.165) is 54.0 Å². The third-order valence-electron chi connectivity index (χ3n) is 5.59. The van der Waals surface area contributed by atoms with Crippen molar-refractivity contribution in [3.05, 3.63) is 87.7 Å². The van der Waals surface area contributed by atoms with Crippen molar-refractivity contribution in [3.63, 3.8) is 0 Å². The standard InChI is InChI=1S/C28H33N3.2ClH.Co/c1-6-21-12-10-13-22(7-2)27(21)29-18-25-16-20(5)17-26(31-25)19-30-28-23(8-3)14-11-15-24(28)9-4;;;/h10-19H,6-9H2,1-5H3;2*1H;/q;;;+2/p-2. The first kappa shape index (κ1) is 32.0. The van der Waals surface area contributed by atoms with Gasteiger partial charge < -0.3 is 24.8 Å². The number of para-hydroxylation sites is 2. The van der Waals surface area contributed by atoms with Crippen LogP contribution in [-0.4, -0.2) is 17.4 Å². The molecule has 0 N–H and O–H groups in total. The first-order chi connectivity index (χ1) is 15.1. The van der Waals surface area contributed by atoms with E-state index in [4.69, 9.17) is 15.0 Å². The van der Waals surface area contributed by atoms with Crippen LogP contribution in [0.5, 0.6) is 0 Å². The predicted molar refractivity (Wildman–Crippen MR) is 134 cm³/mol. The van der Waals surface area contributed by atoms with Gasteiger partial charge in [0.15, 0.2) is 0 Å². The minimum absolute atomic E-state index is 0. The summed E-state index contributed by atoms with van der Waals surface area (Å²) >= 11 is 0. The molecule has 34 heavy (non-hydrogen) atoms. The first-order valence-electron chi connectivity index (χ1n) is 11.4. The molecule has 0 spiro atoms. The van der Waals surface area contributed by atoms with Crippen molar-refractivity contribution in [1.29, 1.82) is 0 Å². The van der Waals surface area contributed by atoms with E-state index in [1.165, 1.54) is 22.3 Å². The summed E-state index contributed by atoms with van der Waals surface area (Å²) in [5, 5.41) is 0. The Kier molecular flexibility index (Phi) is 14.9. The molecule has 1 radical (unpaired) electrons. The molecule has 3 rings (SSSR count). The Bertz CT molecular complexity index is 983. The minimum atomic E-state index is 0. The molecular formula is C28H33Cl2CoN3. The molecule has 2 aromatic carbocycles. The normalized spacial score (nSPS) is 10.6. The number of hydrogen-bond acceptors (Lipinski definition) is 3. The van der Waals surface area contributed by atoms with Gasteiger partial charge in [-0.05, 0) is 72.6 Å². The average Bonchev–Trinajstić information content (AvgIpc) is 2.80. The van der Waals surface area contributed by atoms with Gasteiger partial charge >= 0.3 is 16.8 Å². The molecule has 0 saturated carbocycles. The maximum absolute atomic E-state index is 4.84. The van der Waals surface area contributed by atoms with Crippen LogP contribution >= 0.6 is 0 Å². The van der Waals surface area contributed by atoms with E-state index in [0.29, 0.717) is 0 Å². The van der Waals surface area contributed by atoms with Crippen molar-refractivity contribution < 1.29 is 41.6 Å². The molecule has 0 aliphatic carbocycles. The quantitative estimate of drug-likeness (QED) is 0.395. The van der Waals surface area contributed by atoms with Gasteiger partial charge in [0.2, 0.25) is 0 Å². The molecule has 1 heterocycles. The number of pyridine rings is 1. The Hall–Kier alpha value is -1.98. The van der Waals surface area contributed by atoms with Crippen molar-refractivity contribution >= 4 is 23.8 Å². The molecule has 0 unspecified atom stereocenters. The average molecular weight is 541 g/mol. The Labute approximate surface area is 227 Å². The van der Waals surface area contributed by atoms with Gasteiger partial charge in [-0.2, -0.15) is 0 Å². The van der Waals surface area contributed by atoms with Gasteiger partial charge in [-0.1, -0.05) is 64.1 Å². The van der Waals surface area contributed by atoms with Crippen molar-refractivity contribution in [1.82, 2.24) is 4.98 Å². The van der Waals surface area contributed by atoms with Gasteiger partial charge in [0.25, 0.3) is 0 Å². The van der Waals surface area contributed by atoms with Gasteiger partial charge in [-0.15, -0.1) is 0 Å². The van der Waals surface area contributed by atoms with E-state index in [1.54, 1.807) is 0 Å². The SMILES string of the molecule is CCc1cccc(CC)c1N=Cc1cc(C)cc(C=Nc2c(CC)cccc2CC)n1.[Cl-].[Cl-].[Co+2]. The van der Waals surface area contributed by atoms with E-state index in [9.17, 15) is 0 Å². The van der Waals surface area contributed by atoms with E-state index in [-0.39, 0.29) is 41.6 Å². The Morgan fingerprint density at radius 3 is 1.26 bits per heavy atom. The number of aromatic nitrogens is 1. The molecule has 0 bridgehead atoms. The summed E-state index contributed by atoms with van der Waals surface area (Å²) in [6, 6.07) is 17.0. The van der Waals surface area contributed by atoms with Crippen LogP contribution in [0.15, 0.2) is 58.5 Å². The number of benzene rings is 2. The topological polar surface area (TPSA) is 37.6 Å². The zero-order valence-electron chi connectivity index (χ0n) is 20.5. The third kappa shape index (κ3) is 8.05. The number of nitrogens with zero attached hydrogens (tertiary/aromatic N) is 3. The van der Waals surface area contributed by atoms with Crippen LogP contribution in [0.1, 0.15) is 66.9 Å². The van der Waals surface area contributed by atoms with Crippen molar-refractivity contribution in [2.24, 2.45) is 9.98 Å². The number of halogens is 2. The molecule has 0 amide bonds. The van der Waals surface area contributed by atoms with Gasteiger partial charge in [-0.3, -0.25) is 9.98 Å². The Morgan fingerprint density at radius 1 is 0.647 bits per heavy atom. The molecule has 3 nitrogen and oxygen atoms in total. The summed E-state index contributed by atoms with van der Waals surface area (Å²) in [6.45, 7) is 10.8. The Morgan fingerprint density at radius 2 is 0.971 bits per heavy atom. The van der Waals surface area contributed by atoms with Crippen LogP contribution in [0.4, 0.5) is 11.4 Å². The summed E-state index contributed by atoms with van der Waals surface area (Å²) in [5.74, 6) is 0. The summed E-state index contributed by atoms with van der Waals surface area (Å²) in [6.07, 6.45) is 7.64. The van der Waals surface area contributed by atoms with E-state index < -0.39 is 0 Å². The number of aryl methyl sites for hydroxylation is 5. The largest absolute Gasteiger partial charge is 2.00 e. The summed E-state index contributed by atoms with van der Waals surface area (Å²) in [5.41, 5.74) is 10.1. The number of aliphatic imine (C=N–C) groups is 2. The Balaban J connectivity index is 0.00000363. The van der Waals surface area contributed by atoms with Crippen LogP contribution in [-0.2, 0) is 42.5 Å². The van der Waals surface area contributed by atoms with E-state index >= 15 is 0 Å². The maximum atomic E-state index is 4.84. The minimum Gasteiger partial charge on any atom is -1.00 e. The van der Waals surface area contributed by atoms with Crippen LogP contribution in [0, 0.1) is 6.92 Å². The van der Waals surface area contributed by atoms with Crippen LogP contribution in [0.2, 0.25) is 0 Å². The van der Waals surface area contributed by atoms with Gasteiger partial charge in [0.05, 0.1) is 35.2 Å². The smallest absolute Gasteiger partial charge is 1.00 e. The zero-order valence-corrected chi connectivity index (χ0v) is 23.1. The van der Waals surface area contributed by atoms with Crippen molar-refractivity contribution in [2.75, 3.05) is 0 Å². The molecule has 183 valence electrons. The monoisotopic (exact) mass is 540 g/mol. The molecule has 6 heteroatoms. The number of hydrogen-bond donors (Lipinski definition) is 0. The van der Waals surface area contributed by atoms with Gasteiger partial charge in [0, 0.05) is 0 Å². The summed E-state index contributed by atoms with van der Waals surface area (Å²) in [7, 11) is 0. The molecule has 0 fully saturated rings. The van der Waals surface area contributed by atoms with E-state index in [2.05, 4.69) is 83.1 Å². The molecule has 0 saturated heterocycles. The van der Waals surface area contributed by atoms with Crippen LogP contribution in [0.25, 0.3) is 0 Å². The van der Waals surface area contributed by atoms with Crippen LogP contribution < -0.4 is 24.8 Å². The zero-order chi connectivity index (χ0) is 22.2. The molecule has 0 aliphatic rings. The second-order valence-corrected chi connectivity index (χ2v) is 7.77. The molecule has 0 atom stereocenters. The summed E-state index contributed by atoms with van der Waals surface area (Å²) in [4.78, 5) is 14.5. The fraction of sp³-hybridized carbons (Fsp3) is 0.321. The van der Waals surface area contributed by atoms with Crippen LogP contribution in [0.3, 0.4) is 0 Å². The van der Waals surface area contributed by atoms with Gasteiger partial charge in [-0.25, -0.2) is 4.98 Å². The van der Waals surface area contributed by atoms with Crippen molar-refractivity contribution in [3.8, 4) is 0 Å². The van der Waals surface area contributed by atoms with E-state index in [1.807, 2.05) is 12.4 Å². The molecule has 0 aliphatic heterocycles. The number of rotatable bonds is 8. The van der Waals surface area contributed by atoms with Gasteiger partial charge in [0.1, 0.15) is 0 Å².